The molecule has 34 heavy (non-hydrogen) atoms. The molecule has 2 aliphatic heterocycles. The van der Waals surface area contributed by atoms with Crippen LogP contribution in [0.4, 0.5) is 0 Å². The molecule has 2 N–H and O–H groups in total. The van der Waals surface area contributed by atoms with Gasteiger partial charge in [0.2, 0.25) is 0 Å². The molecular weight excluding hydrogens is 428 g/mol. The van der Waals surface area contributed by atoms with E-state index in [0.29, 0.717) is 23.8 Å². The summed E-state index contributed by atoms with van der Waals surface area (Å²) in [6.07, 6.45) is 3.36. The topological polar surface area (TPSA) is 71.0 Å². The SMILES string of the molecule is O=C1NOC/C1=C/c1ccccc1OC[C@@H](O)CN1CCC(c2ccc3ccccc3c2)CC1. The van der Waals surface area contributed by atoms with Crippen LogP contribution in [-0.4, -0.2) is 54.9 Å². The molecule has 1 atom stereocenters. The van der Waals surface area contributed by atoms with Crippen LogP contribution in [0.15, 0.2) is 72.3 Å². The number of amides is 1. The molecule has 176 valence electrons. The number of fused-ring (bicyclic) bond motifs is 1. The Bertz CT molecular complexity index is 1180. The maximum absolute atomic E-state index is 11.8. The molecule has 0 aromatic heterocycles. The molecule has 6 heteroatoms. The first-order valence-electron chi connectivity index (χ1n) is 11.9. The molecule has 2 saturated heterocycles. The second kappa shape index (κ2) is 10.4. The minimum atomic E-state index is -0.587. The number of rotatable bonds is 7. The molecule has 0 unspecified atom stereocenters. The number of hydroxylamine groups is 1. The van der Waals surface area contributed by atoms with Gasteiger partial charge in [0.05, 0.1) is 0 Å². The van der Waals surface area contributed by atoms with Gasteiger partial charge in [-0.15, -0.1) is 0 Å². The van der Waals surface area contributed by atoms with Gasteiger partial charge in [0.1, 0.15) is 25.1 Å². The number of aliphatic hydroxyl groups is 1. The minimum absolute atomic E-state index is 0.202. The van der Waals surface area contributed by atoms with Crippen LogP contribution in [0.25, 0.3) is 16.8 Å². The Morgan fingerprint density at radius 3 is 2.62 bits per heavy atom. The van der Waals surface area contributed by atoms with E-state index in [2.05, 4.69) is 52.8 Å². The van der Waals surface area contributed by atoms with Crippen molar-refractivity contribution in [2.24, 2.45) is 0 Å². The summed E-state index contributed by atoms with van der Waals surface area (Å²) in [7, 11) is 0. The molecular formula is C28H30N2O4. The molecule has 1 amide bonds. The maximum atomic E-state index is 11.8. The highest BCUT2D eigenvalue weighted by Crippen LogP contribution is 2.30. The van der Waals surface area contributed by atoms with Gasteiger partial charge in [0.25, 0.3) is 5.91 Å². The van der Waals surface area contributed by atoms with Crippen LogP contribution in [0, 0.1) is 0 Å². The number of ether oxygens (including phenoxy) is 1. The molecule has 3 aromatic carbocycles. The Kier molecular flexibility index (Phi) is 6.90. The highest BCUT2D eigenvalue weighted by Gasteiger charge is 2.23. The number of carbonyl (C=O) groups excluding carboxylic acids is 1. The number of para-hydroxylation sites is 1. The second-order valence-electron chi connectivity index (χ2n) is 9.07. The van der Waals surface area contributed by atoms with Crippen molar-refractivity contribution in [1.29, 1.82) is 0 Å². The van der Waals surface area contributed by atoms with Crippen LogP contribution < -0.4 is 10.2 Å². The van der Waals surface area contributed by atoms with Crippen molar-refractivity contribution in [2.75, 3.05) is 32.8 Å². The lowest BCUT2D eigenvalue weighted by Crippen LogP contribution is -2.40. The van der Waals surface area contributed by atoms with Crippen LogP contribution in [0.3, 0.4) is 0 Å². The average Bonchev–Trinajstić information content (AvgIpc) is 3.28. The molecule has 0 radical (unpaired) electrons. The van der Waals surface area contributed by atoms with E-state index in [1.54, 1.807) is 6.08 Å². The van der Waals surface area contributed by atoms with Gasteiger partial charge in [-0.2, -0.15) is 0 Å². The molecule has 0 aliphatic carbocycles. The standard InChI is InChI=1S/C28H30N2O4/c31-26(19-33-27-8-4-3-7-24(27)16-25-18-34-29-28(25)32)17-30-13-11-21(12-14-30)23-10-9-20-5-1-2-6-22(20)15-23/h1-10,15-16,21,26,31H,11-14,17-19H2,(H,29,32)/b25-16-/t26-/m0/s1. The van der Waals surface area contributed by atoms with Gasteiger partial charge in [0, 0.05) is 17.7 Å². The normalized spacial score (nSPS) is 19.4. The van der Waals surface area contributed by atoms with Crippen LogP contribution in [0.5, 0.6) is 5.75 Å². The maximum Gasteiger partial charge on any atom is 0.273 e. The highest BCUT2D eigenvalue weighted by atomic mass is 16.7. The first kappa shape index (κ1) is 22.6. The van der Waals surface area contributed by atoms with Crippen LogP contribution in [-0.2, 0) is 9.63 Å². The first-order chi connectivity index (χ1) is 16.7. The number of nitrogens with one attached hydrogen (secondary N) is 1. The van der Waals surface area contributed by atoms with Crippen molar-refractivity contribution in [3.05, 3.63) is 83.4 Å². The highest BCUT2D eigenvalue weighted by molar-refractivity contribution is 5.99. The number of nitrogens with zero attached hydrogens (tertiary/aromatic N) is 1. The van der Waals surface area contributed by atoms with Gasteiger partial charge >= 0.3 is 0 Å². The number of hydrogen-bond acceptors (Lipinski definition) is 5. The Morgan fingerprint density at radius 1 is 1.06 bits per heavy atom. The lowest BCUT2D eigenvalue weighted by molar-refractivity contribution is -0.122. The second-order valence-corrected chi connectivity index (χ2v) is 9.07. The third kappa shape index (κ3) is 5.30. The Labute approximate surface area is 199 Å². The van der Waals surface area contributed by atoms with Gasteiger partial charge in [0.15, 0.2) is 0 Å². The third-order valence-electron chi connectivity index (χ3n) is 6.67. The number of piperidine rings is 1. The number of benzene rings is 3. The quantitative estimate of drug-likeness (QED) is 0.526. The van der Waals surface area contributed by atoms with Crippen molar-refractivity contribution in [3.63, 3.8) is 0 Å². The Balaban J connectivity index is 1.12. The van der Waals surface area contributed by atoms with Gasteiger partial charge < -0.3 is 14.7 Å². The zero-order valence-corrected chi connectivity index (χ0v) is 19.2. The van der Waals surface area contributed by atoms with E-state index in [1.807, 2.05) is 24.3 Å². The third-order valence-corrected chi connectivity index (χ3v) is 6.67. The zero-order valence-electron chi connectivity index (χ0n) is 19.2. The fourth-order valence-electron chi connectivity index (χ4n) is 4.78. The minimum Gasteiger partial charge on any atom is -0.490 e. The zero-order chi connectivity index (χ0) is 23.3. The number of likely N-dealkylation sites (tertiary alicyclic amines) is 1. The Morgan fingerprint density at radius 2 is 1.82 bits per heavy atom. The fourth-order valence-corrected chi connectivity index (χ4v) is 4.78. The van der Waals surface area contributed by atoms with Crippen LogP contribution in [0.1, 0.15) is 29.9 Å². The molecule has 6 nitrogen and oxygen atoms in total. The van der Waals surface area contributed by atoms with Crippen molar-refractivity contribution in [2.45, 2.75) is 24.9 Å². The largest absolute Gasteiger partial charge is 0.490 e. The summed E-state index contributed by atoms with van der Waals surface area (Å²) >= 11 is 0. The van der Waals surface area contributed by atoms with Crippen molar-refractivity contribution in [3.8, 4) is 5.75 Å². The smallest absolute Gasteiger partial charge is 0.273 e. The number of hydrogen-bond donors (Lipinski definition) is 2. The summed E-state index contributed by atoms with van der Waals surface area (Å²) in [6, 6.07) is 22.8. The molecule has 0 bridgehead atoms. The summed E-state index contributed by atoms with van der Waals surface area (Å²) in [6.45, 7) is 2.95. The molecule has 0 spiro atoms. The fraction of sp³-hybridized carbons (Fsp3) is 0.321. The molecule has 0 saturated carbocycles. The van der Waals surface area contributed by atoms with E-state index in [1.165, 1.54) is 16.3 Å². The van der Waals surface area contributed by atoms with Crippen molar-refractivity contribution >= 4 is 22.8 Å². The summed E-state index contributed by atoms with van der Waals surface area (Å²) in [5.74, 6) is 0.969. The summed E-state index contributed by atoms with van der Waals surface area (Å²) in [5, 5.41) is 13.2. The summed E-state index contributed by atoms with van der Waals surface area (Å²) < 4.78 is 5.92. The van der Waals surface area contributed by atoms with E-state index >= 15 is 0 Å². The van der Waals surface area contributed by atoms with Gasteiger partial charge in [-0.05, 0) is 60.3 Å². The Hall–Kier alpha value is -3.19. The number of aliphatic hydroxyl groups excluding tert-OH is 1. The average molecular weight is 459 g/mol. The van der Waals surface area contributed by atoms with Gasteiger partial charge in [-0.25, -0.2) is 5.48 Å². The lowest BCUT2D eigenvalue weighted by atomic mass is 9.88. The summed E-state index contributed by atoms with van der Waals surface area (Å²) in [4.78, 5) is 19.0. The molecule has 3 aromatic rings. The molecule has 2 fully saturated rings. The van der Waals surface area contributed by atoms with Crippen LogP contribution >= 0.6 is 0 Å². The molecule has 2 heterocycles. The van der Waals surface area contributed by atoms with E-state index < -0.39 is 6.10 Å². The predicted molar refractivity (Wildman–Crippen MR) is 132 cm³/mol. The number of β-amino-alcohol motifs (C(OH)–C–C–N with tert-alkyl or cyclic N) is 1. The monoisotopic (exact) mass is 458 g/mol. The van der Waals surface area contributed by atoms with E-state index in [-0.39, 0.29) is 19.1 Å². The van der Waals surface area contributed by atoms with Crippen molar-refractivity contribution in [1.82, 2.24) is 10.4 Å². The molecule has 2 aliphatic rings. The first-order valence-corrected chi connectivity index (χ1v) is 11.9. The van der Waals surface area contributed by atoms with E-state index in [0.717, 1.165) is 31.5 Å². The van der Waals surface area contributed by atoms with Gasteiger partial charge in [-0.3, -0.25) is 9.63 Å². The number of carbonyl (C=O) groups is 1. The van der Waals surface area contributed by atoms with E-state index in [9.17, 15) is 9.90 Å². The summed E-state index contributed by atoms with van der Waals surface area (Å²) in [5.41, 5.74) is 5.08. The van der Waals surface area contributed by atoms with E-state index in [4.69, 9.17) is 9.57 Å². The molecule has 5 rings (SSSR count). The van der Waals surface area contributed by atoms with Crippen molar-refractivity contribution < 1.29 is 19.5 Å². The predicted octanol–water partition coefficient (Wildman–Crippen LogP) is 3.90. The van der Waals surface area contributed by atoms with Gasteiger partial charge in [-0.1, -0.05) is 60.7 Å². The van der Waals surface area contributed by atoms with Crippen LogP contribution in [0.2, 0.25) is 0 Å². The lowest BCUT2D eigenvalue weighted by Gasteiger charge is -2.33.